The molecule has 0 aromatic heterocycles. The molecule has 3 N–H and O–H groups in total. The molecule has 2 aromatic rings. The van der Waals surface area contributed by atoms with Crippen LogP contribution in [0.4, 0.5) is 0 Å². The van der Waals surface area contributed by atoms with Crippen molar-refractivity contribution in [2.75, 3.05) is 0 Å². The minimum Gasteiger partial charge on any atom is -0.504 e. The molecule has 0 aliphatic rings. The van der Waals surface area contributed by atoms with E-state index < -0.39 is 6.10 Å². The number of rotatable bonds is 8. The lowest BCUT2D eigenvalue weighted by molar-refractivity contribution is -0.120. The lowest BCUT2D eigenvalue weighted by Gasteiger charge is -2.10. The van der Waals surface area contributed by atoms with Crippen molar-refractivity contribution in [3.8, 4) is 11.5 Å². The lowest BCUT2D eigenvalue weighted by atomic mass is 10.00. The third-order valence-corrected chi connectivity index (χ3v) is 3.80. The van der Waals surface area contributed by atoms with Crippen molar-refractivity contribution in [2.45, 2.75) is 38.2 Å². The third-order valence-electron chi connectivity index (χ3n) is 3.80. The molecule has 122 valence electrons. The summed E-state index contributed by atoms with van der Waals surface area (Å²) in [6.45, 7) is 0. The number of aliphatic hydroxyl groups excluding tert-OH is 1. The molecule has 0 radical (unpaired) electrons. The fourth-order valence-corrected chi connectivity index (χ4v) is 2.45. The Morgan fingerprint density at radius 3 is 2.35 bits per heavy atom. The highest BCUT2D eigenvalue weighted by molar-refractivity contribution is 5.79. The van der Waals surface area contributed by atoms with Crippen molar-refractivity contribution in [3.63, 3.8) is 0 Å². The maximum atomic E-state index is 11.9. The minimum atomic E-state index is -0.686. The molecule has 0 heterocycles. The van der Waals surface area contributed by atoms with Gasteiger partial charge >= 0.3 is 0 Å². The second kappa shape index (κ2) is 8.34. The smallest absolute Gasteiger partial charge is 0.157 e. The number of Topliss-reactive ketones (excluding diaryl/α,β-unsaturated/α-hetero) is 1. The van der Waals surface area contributed by atoms with Crippen molar-refractivity contribution in [1.82, 2.24) is 0 Å². The zero-order valence-electron chi connectivity index (χ0n) is 13.0. The monoisotopic (exact) mass is 314 g/mol. The molecule has 0 saturated heterocycles. The molecule has 2 aromatic carbocycles. The van der Waals surface area contributed by atoms with Gasteiger partial charge in [-0.2, -0.15) is 0 Å². The van der Waals surface area contributed by atoms with Gasteiger partial charge < -0.3 is 15.3 Å². The number of hydrogen-bond acceptors (Lipinski definition) is 4. The Morgan fingerprint density at radius 2 is 1.65 bits per heavy atom. The van der Waals surface area contributed by atoms with E-state index in [0.717, 1.165) is 11.1 Å². The Balaban J connectivity index is 1.72. The molecule has 4 nitrogen and oxygen atoms in total. The molecule has 0 aliphatic heterocycles. The summed E-state index contributed by atoms with van der Waals surface area (Å²) in [6.07, 6.45) is 1.58. The van der Waals surface area contributed by atoms with Gasteiger partial charge in [0.1, 0.15) is 5.78 Å². The standard InChI is InChI=1S/C19H22O4/c20-16(9-6-14-4-2-1-3-5-14)13-17(21)10-7-15-8-11-18(22)19(23)12-15/h1-5,8,11-12,17,21-23H,6-7,9-10,13H2/t17-/m1/s1. The topological polar surface area (TPSA) is 77.8 Å². The van der Waals surface area contributed by atoms with Gasteiger partial charge in [0.15, 0.2) is 11.5 Å². The van der Waals surface area contributed by atoms with E-state index in [-0.39, 0.29) is 23.7 Å². The number of carbonyl (C=O) groups excluding carboxylic acids is 1. The lowest BCUT2D eigenvalue weighted by Crippen LogP contribution is -2.14. The molecule has 0 fully saturated rings. The average molecular weight is 314 g/mol. The predicted molar refractivity (Wildman–Crippen MR) is 88.5 cm³/mol. The molecule has 0 spiro atoms. The van der Waals surface area contributed by atoms with E-state index in [1.54, 1.807) is 6.07 Å². The van der Waals surface area contributed by atoms with Gasteiger partial charge in [0.2, 0.25) is 0 Å². The highest BCUT2D eigenvalue weighted by Crippen LogP contribution is 2.25. The number of aliphatic hydroxyl groups is 1. The van der Waals surface area contributed by atoms with Crippen LogP contribution in [0.25, 0.3) is 0 Å². The Labute approximate surface area is 136 Å². The highest BCUT2D eigenvalue weighted by atomic mass is 16.3. The van der Waals surface area contributed by atoms with Crippen LogP contribution in [0, 0.1) is 0 Å². The van der Waals surface area contributed by atoms with Crippen molar-refractivity contribution >= 4 is 5.78 Å². The van der Waals surface area contributed by atoms with E-state index in [1.807, 2.05) is 30.3 Å². The molecule has 0 unspecified atom stereocenters. The van der Waals surface area contributed by atoms with Crippen molar-refractivity contribution in [3.05, 3.63) is 59.7 Å². The molecule has 4 heteroatoms. The van der Waals surface area contributed by atoms with Crippen LogP contribution in [0.2, 0.25) is 0 Å². The number of phenolic OH excluding ortho intramolecular Hbond substituents is 2. The number of aromatic hydroxyl groups is 2. The Hall–Kier alpha value is -2.33. The van der Waals surface area contributed by atoms with Gasteiger partial charge in [-0.25, -0.2) is 0 Å². The molecule has 2 rings (SSSR count). The van der Waals surface area contributed by atoms with E-state index in [4.69, 9.17) is 0 Å². The van der Waals surface area contributed by atoms with Gasteiger partial charge in [-0.3, -0.25) is 4.79 Å². The van der Waals surface area contributed by atoms with E-state index >= 15 is 0 Å². The van der Waals surface area contributed by atoms with Gasteiger partial charge in [-0.05, 0) is 42.5 Å². The minimum absolute atomic E-state index is 0.0508. The number of benzene rings is 2. The number of aryl methyl sites for hydroxylation is 2. The first-order chi connectivity index (χ1) is 11.0. The van der Waals surface area contributed by atoms with Crippen LogP contribution in [0.5, 0.6) is 11.5 Å². The van der Waals surface area contributed by atoms with Crippen molar-refractivity contribution in [1.29, 1.82) is 0 Å². The molecule has 0 amide bonds. The summed E-state index contributed by atoms with van der Waals surface area (Å²) in [7, 11) is 0. The number of ketones is 1. The summed E-state index contributed by atoms with van der Waals surface area (Å²) in [5, 5.41) is 28.6. The van der Waals surface area contributed by atoms with Gasteiger partial charge in [0.25, 0.3) is 0 Å². The van der Waals surface area contributed by atoms with Crippen LogP contribution in [-0.4, -0.2) is 27.2 Å². The van der Waals surface area contributed by atoms with E-state index in [0.29, 0.717) is 25.7 Å². The number of phenols is 2. The SMILES string of the molecule is O=C(CCc1ccccc1)C[C@H](O)CCc1ccc(O)c(O)c1. The summed E-state index contributed by atoms with van der Waals surface area (Å²) < 4.78 is 0. The summed E-state index contributed by atoms with van der Waals surface area (Å²) in [6, 6.07) is 14.4. The normalized spacial score (nSPS) is 12.0. The maximum absolute atomic E-state index is 11.9. The Bertz CT molecular complexity index is 637. The molecular weight excluding hydrogens is 292 g/mol. The Morgan fingerprint density at radius 1 is 0.913 bits per heavy atom. The first-order valence-corrected chi connectivity index (χ1v) is 7.79. The summed E-state index contributed by atoms with van der Waals surface area (Å²) in [5.74, 6) is -0.281. The molecule has 1 atom stereocenters. The van der Waals surface area contributed by atoms with Crippen LogP contribution in [0.1, 0.15) is 30.4 Å². The molecule has 0 bridgehead atoms. The summed E-state index contributed by atoms with van der Waals surface area (Å²) in [5.41, 5.74) is 1.94. The highest BCUT2D eigenvalue weighted by Gasteiger charge is 2.12. The second-order valence-corrected chi connectivity index (χ2v) is 5.74. The average Bonchev–Trinajstić information content (AvgIpc) is 2.55. The quantitative estimate of drug-likeness (QED) is 0.655. The van der Waals surface area contributed by atoms with Crippen molar-refractivity contribution in [2.24, 2.45) is 0 Å². The maximum Gasteiger partial charge on any atom is 0.157 e. The van der Waals surface area contributed by atoms with Gasteiger partial charge in [-0.1, -0.05) is 36.4 Å². The second-order valence-electron chi connectivity index (χ2n) is 5.74. The zero-order chi connectivity index (χ0) is 16.7. The van der Waals surface area contributed by atoms with Gasteiger partial charge in [0.05, 0.1) is 6.10 Å². The first kappa shape index (κ1) is 17.0. The molecular formula is C19H22O4. The largest absolute Gasteiger partial charge is 0.504 e. The third kappa shape index (κ3) is 5.75. The van der Waals surface area contributed by atoms with Crippen LogP contribution in [-0.2, 0) is 17.6 Å². The van der Waals surface area contributed by atoms with Crippen LogP contribution >= 0.6 is 0 Å². The number of hydrogen-bond donors (Lipinski definition) is 3. The fraction of sp³-hybridized carbons (Fsp3) is 0.316. The van der Waals surface area contributed by atoms with Crippen LogP contribution in [0.15, 0.2) is 48.5 Å². The molecule has 0 saturated carbocycles. The Kier molecular flexibility index (Phi) is 6.18. The van der Waals surface area contributed by atoms with Crippen LogP contribution in [0.3, 0.4) is 0 Å². The first-order valence-electron chi connectivity index (χ1n) is 7.79. The van der Waals surface area contributed by atoms with E-state index in [2.05, 4.69) is 0 Å². The summed E-state index contributed by atoms with van der Waals surface area (Å²) in [4.78, 5) is 11.9. The van der Waals surface area contributed by atoms with Crippen molar-refractivity contribution < 1.29 is 20.1 Å². The molecule has 0 aliphatic carbocycles. The van der Waals surface area contributed by atoms with E-state index in [1.165, 1.54) is 12.1 Å². The van der Waals surface area contributed by atoms with E-state index in [9.17, 15) is 20.1 Å². The van der Waals surface area contributed by atoms with Crippen LogP contribution < -0.4 is 0 Å². The predicted octanol–water partition coefficient (Wildman–Crippen LogP) is 2.98. The van der Waals surface area contributed by atoms with Gasteiger partial charge in [-0.15, -0.1) is 0 Å². The zero-order valence-corrected chi connectivity index (χ0v) is 13.0. The number of carbonyl (C=O) groups is 1. The fourth-order valence-electron chi connectivity index (χ4n) is 2.45. The molecule has 23 heavy (non-hydrogen) atoms. The summed E-state index contributed by atoms with van der Waals surface area (Å²) >= 11 is 0. The van der Waals surface area contributed by atoms with Gasteiger partial charge in [0, 0.05) is 12.8 Å².